The highest BCUT2D eigenvalue weighted by Crippen LogP contribution is 2.24. The number of fused-ring (bicyclic) bond motifs is 1. The van der Waals surface area contributed by atoms with Crippen molar-refractivity contribution in [2.24, 2.45) is 0 Å². The van der Waals surface area contributed by atoms with Crippen LogP contribution in [0, 0.1) is 6.92 Å². The number of nitrogens with zero attached hydrogens (tertiary/aromatic N) is 3. The first-order chi connectivity index (χ1) is 12.2. The number of morpholine rings is 1. The number of ether oxygens (including phenoxy) is 1. The van der Waals surface area contributed by atoms with E-state index in [1.54, 1.807) is 11.8 Å². The summed E-state index contributed by atoms with van der Waals surface area (Å²) in [7, 11) is 0. The molecule has 4 rings (SSSR count). The van der Waals surface area contributed by atoms with Gasteiger partial charge in [0.05, 0.1) is 13.2 Å². The molecule has 0 bridgehead atoms. The van der Waals surface area contributed by atoms with Crippen LogP contribution in [0.3, 0.4) is 0 Å². The van der Waals surface area contributed by atoms with Crippen molar-refractivity contribution in [3.8, 4) is 0 Å². The first kappa shape index (κ1) is 15.8. The van der Waals surface area contributed by atoms with Crippen molar-refractivity contribution in [2.75, 3.05) is 19.8 Å². The number of rotatable bonds is 4. The van der Waals surface area contributed by atoms with E-state index < -0.39 is 0 Å². The molecule has 0 radical (unpaired) electrons. The summed E-state index contributed by atoms with van der Waals surface area (Å²) in [6, 6.07) is 7.97. The molecule has 0 spiro atoms. The van der Waals surface area contributed by atoms with Crippen LogP contribution in [-0.4, -0.2) is 45.7 Å². The fourth-order valence-electron chi connectivity index (χ4n) is 3.21. The fourth-order valence-corrected chi connectivity index (χ4v) is 3.21. The number of hydrogen-bond donors (Lipinski definition) is 1. The lowest BCUT2D eigenvalue weighted by Crippen LogP contribution is -2.43. The summed E-state index contributed by atoms with van der Waals surface area (Å²) < 4.78 is 11.0. The zero-order valence-corrected chi connectivity index (χ0v) is 14.1. The van der Waals surface area contributed by atoms with Gasteiger partial charge in [-0.05, 0) is 35.6 Å². The number of amides is 1. The van der Waals surface area contributed by atoms with Crippen LogP contribution in [-0.2, 0) is 16.0 Å². The lowest BCUT2D eigenvalue weighted by Gasteiger charge is -2.33. The van der Waals surface area contributed by atoms with E-state index >= 15 is 0 Å². The number of carbonyl (C=O) groups excluding carboxylic acids is 1. The molecule has 0 aliphatic carbocycles. The van der Waals surface area contributed by atoms with Gasteiger partial charge >= 0.3 is 0 Å². The summed E-state index contributed by atoms with van der Waals surface area (Å²) >= 11 is 0. The van der Waals surface area contributed by atoms with E-state index in [2.05, 4.69) is 27.3 Å². The Labute approximate surface area is 145 Å². The molecular weight excluding hydrogens is 320 g/mol. The van der Waals surface area contributed by atoms with Crippen LogP contribution in [0.5, 0.6) is 0 Å². The Hall–Kier alpha value is -2.67. The van der Waals surface area contributed by atoms with Crippen LogP contribution < -0.4 is 0 Å². The van der Waals surface area contributed by atoms with E-state index in [1.807, 2.05) is 18.3 Å². The lowest BCUT2D eigenvalue weighted by atomic mass is 10.1. The quantitative estimate of drug-likeness (QED) is 0.788. The van der Waals surface area contributed by atoms with Gasteiger partial charge in [-0.3, -0.25) is 4.79 Å². The molecule has 0 unspecified atom stereocenters. The van der Waals surface area contributed by atoms with E-state index in [0.717, 1.165) is 16.5 Å². The van der Waals surface area contributed by atoms with E-state index in [9.17, 15) is 4.79 Å². The summed E-state index contributed by atoms with van der Waals surface area (Å²) in [4.78, 5) is 17.7. The fraction of sp³-hybridized carbons (Fsp3) is 0.389. The normalized spacial score (nSPS) is 18.0. The maximum Gasteiger partial charge on any atom is 0.241 e. The summed E-state index contributed by atoms with van der Waals surface area (Å²) in [6.07, 6.45) is 3.07. The molecule has 1 N–H and O–H groups in total. The van der Waals surface area contributed by atoms with E-state index in [0.29, 0.717) is 44.4 Å². The number of aryl methyl sites for hydroxylation is 2. The summed E-state index contributed by atoms with van der Waals surface area (Å²) in [5.41, 5.74) is 2.26. The van der Waals surface area contributed by atoms with Crippen molar-refractivity contribution in [1.82, 2.24) is 20.1 Å². The molecule has 2 aromatic heterocycles. The van der Waals surface area contributed by atoms with E-state index in [4.69, 9.17) is 9.15 Å². The molecule has 3 heterocycles. The molecule has 1 atom stereocenters. The number of aromatic nitrogens is 3. The highest BCUT2D eigenvalue weighted by Gasteiger charge is 2.32. The Bertz CT molecular complexity index is 885. The first-order valence-corrected chi connectivity index (χ1v) is 8.44. The average Bonchev–Trinajstić information content (AvgIpc) is 3.28. The van der Waals surface area contributed by atoms with Gasteiger partial charge in [-0.25, -0.2) is 0 Å². The zero-order valence-electron chi connectivity index (χ0n) is 14.1. The molecule has 1 saturated heterocycles. The molecule has 1 aliphatic heterocycles. The Morgan fingerprint density at radius 2 is 2.28 bits per heavy atom. The second-order valence-corrected chi connectivity index (χ2v) is 6.24. The van der Waals surface area contributed by atoms with Crippen LogP contribution in [0.25, 0.3) is 10.9 Å². The largest absolute Gasteiger partial charge is 0.423 e. The highest BCUT2D eigenvalue weighted by atomic mass is 16.5. The Morgan fingerprint density at radius 1 is 1.36 bits per heavy atom. The van der Waals surface area contributed by atoms with Crippen LogP contribution in [0.15, 0.2) is 34.9 Å². The number of carbonyl (C=O) groups is 1. The summed E-state index contributed by atoms with van der Waals surface area (Å²) in [5, 5.41) is 9.08. The minimum atomic E-state index is -0.297. The number of benzene rings is 1. The molecule has 1 fully saturated rings. The monoisotopic (exact) mass is 340 g/mol. The highest BCUT2D eigenvalue weighted by molar-refractivity contribution is 5.80. The van der Waals surface area contributed by atoms with Crippen LogP contribution in [0.1, 0.15) is 29.8 Å². The topological polar surface area (TPSA) is 84.3 Å². The van der Waals surface area contributed by atoms with Gasteiger partial charge in [0.15, 0.2) is 0 Å². The Kier molecular flexibility index (Phi) is 4.23. The molecule has 1 amide bonds. The average molecular weight is 340 g/mol. The van der Waals surface area contributed by atoms with Gasteiger partial charge in [-0.2, -0.15) is 0 Å². The van der Waals surface area contributed by atoms with Gasteiger partial charge < -0.3 is 19.0 Å². The molecule has 25 heavy (non-hydrogen) atoms. The third-order valence-electron chi connectivity index (χ3n) is 4.52. The third-order valence-corrected chi connectivity index (χ3v) is 4.52. The standard InChI is InChI=1S/C18H20N4O3/c1-12-20-21-18(25-12)16-11-24-9-8-22(16)17(23)5-3-13-2-4-15-14(10-13)6-7-19-15/h2,4,6-7,10,16,19H,3,5,8-9,11H2,1H3/t16-/m0/s1. The molecule has 130 valence electrons. The predicted octanol–water partition coefficient (Wildman–Crippen LogP) is 2.39. The SMILES string of the molecule is Cc1nnc([C@@H]2COCCN2C(=O)CCc2ccc3[nH]ccc3c2)o1. The Balaban J connectivity index is 1.45. The van der Waals surface area contributed by atoms with Gasteiger partial charge in [0.25, 0.3) is 0 Å². The van der Waals surface area contributed by atoms with E-state index in [-0.39, 0.29) is 11.9 Å². The van der Waals surface area contributed by atoms with Gasteiger partial charge in [0, 0.05) is 31.6 Å². The molecule has 1 aliphatic rings. The van der Waals surface area contributed by atoms with Gasteiger partial charge in [-0.15, -0.1) is 10.2 Å². The second-order valence-electron chi connectivity index (χ2n) is 6.24. The van der Waals surface area contributed by atoms with E-state index in [1.165, 1.54) is 0 Å². The van der Waals surface area contributed by atoms with Crippen molar-refractivity contribution in [3.05, 3.63) is 47.8 Å². The smallest absolute Gasteiger partial charge is 0.241 e. The minimum absolute atomic E-state index is 0.0818. The summed E-state index contributed by atoms with van der Waals surface area (Å²) in [6.45, 7) is 3.21. The van der Waals surface area contributed by atoms with Crippen molar-refractivity contribution in [1.29, 1.82) is 0 Å². The first-order valence-electron chi connectivity index (χ1n) is 8.44. The number of aromatic amines is 1. The van der Waals surface area contributed by atoms with Gasteiger partial charge in [-0.1, -0.05) is 6.07 Å². The van der Waals surface area contributed by atoms with Crippen molar-refractivity contribution < 1.29 is 13.9 Å². The molecular formula is C18H20N4O3. The van der Waals surface area contributed by atoms with Crippen molar-refractivity contribution >= 4 is 16.8 Å². The van der Waals surface area contributed by atoms with Crippen molar-refractivity contribution in [3.63, 3.8) is 0 Å². The molecule has 1 aromatic carbocycles. The summed E-state index contributed by atoms with van der Waals surface area (Å²) in [5.74, 6) is 1.02. The number of H-pyrrole nitrogens is 1. The van der Waals surface area contributed by atoms with Crippen LogP contribution >= 0.6 is 0 Å². The van der Waals surface area contributed by atoms with Gasteiger partial charge in [0.2, 0.25) is 17.7 Å². The number of hydrogen-bond acceptors (Lipinski definition) is 5. The van der Waals surface area contributed by atoms with Crippen LogP contribution in [0.4, 0.5) is 0 Å². The predicted molar refractivity (Wildman–Crippen MR) is 90.9 cm³/mol. The molecule has 7 heteroatoms. The molecule has 3 aromatic rings. The molecule has 7 nitrogen and oxygen atoms in total. The van der Waals surface area contributed by atoms with Crippen molar-refractivity contribution in [2.45, 2.75) is 25.8 Å². The zero-order chi connectivity index (χ0) is 17.2. The molecule has 0 saturated carbocycles. The Morgan fingerprint density at radius 3 is 3.12 bits per heavy atom. The second kappa shape index (κ2) is 6.68. The maximum atomic E-state index is 12.7. The van der Waals surface area contributed by atoms with Gasteiger partial charge in [0.1, 0.15) is 6.04 Å². The number of nitrogens with one attached hydrogen (secondary N) is 1. The maximum absolute atomic E-state index is 12.7. The third kappa shape index (κ3) is 3.28. The lowest BCUT2D eigenvalue weighted by molar-refractivity contribution is -0.141. The van der Waals surface area contributed by atoms with Crippen LogP contribution in [0.2, 0.25) is 0 Å². The minimum Gasteiger partial charge on any atom is -0.423 e.